The van der Waals surface area contributed by atoms with E-state index < -0.39 is 23.4 Å². The first kappa shape index (κ1) is 24.6. The third kappa shape index (κ3) is 5.29. The van der Waals surface area contributed by atoms with Crippen LogP contribution in [-0.4, -0.2) is 51.6 Å². The number of aromatic amines is 1. The molecule has 3 N–H and O–H groups in total. The summed E-state index contributed by atoms with van der Waals surface area (Å²) < 4.78 is 33.8. The third-order valence-corrected chi connectivity index (χ3v) is 6.59. The lowest BCUT2D eigenvalue weighted by atomic mass is 9.90. The number of H-pyrrole nitrogens is 1. The minimum absolute atomic E-state index is 0.0178. The maximum atomic E-state index is 15.0. The second-order valence-corrected chi connectivity index (χ2v) is 9.20. The van der Waals surface area contributed by atoms with Crippen molar-refractivity contribution in [1.82, 2.24) is 20.5 Å². The Morgan fingerprint density at radius 1 is 1.26 bits per heavy atom. The zero-order chi connectivity index (χ0) is 25.0. The molecule has 0 radical (unpaired) electrons. The molecule has 2 aromatic heterocycles. The highest BCUT2D eigenvalue weighted by Crippen LogP contribution is 2.30. The van der Waals surface area contributed by atoms with E-state index in [0.29, 0.717) is 17.7 Å². The summed E-state index contributed by atoms with van der Waals surface area (Å²) in [5.74, 6) is -1.55. The fraction of sp³-hybridized carbons (Fsp3) is 0.240. The van der Waals surface area contributed by atoms with Crippen LogP contribution in [0.4, 0.5) is 8.78 Å². The molecular weight excluding hydrogens is 474 g/mol. The van der Waals surface area contributed by atoms with Crippen LogP contribution < -0.4 is 5.32 Å². The fourth-order valence-corrected chi connectivity index (χ4v) is 4.74. The molecule has 0 saturated heterocycles. The van der Waals surface area contributed by atoms with E-state index in [2.05, 4.69) is 20.5 Å². The van der Waals surface area contributed by atoms with Crippen LogP contribution in [0.1, 0.15) is 22.3 Å². The second kappa shape index (κ2) is 10.4. The lowest BCUT2D eigenvalue weighted by Crippen LogP contribution is -2.58. The first-order valence-electron chi connectivity index (χ1n) is 10.8. The minimum atomic E-state index is -1.03. The summed E-state index contributed by atoms with van der Waals surface area (Å²) in [6.07, 6.45) is 1.23. The number of rotatable bonds is 9. The van der Waals surface area contributed by atoms with Crippen LogP contribution in [0.5, 0.6) is 0 Å². The summed E-state index contributed by atoms with van der Waals surface area (Å²) in [5.41, 5.74) is 0.480. The van der Waals surface area contributed by atoms with Crippen LogP contribution in [-0.2, 0) is 11.2 Å². The maximum absolute atomic E-state index is 15.0. The van der Waals surface area contributed by atoms with E-state index in [1.165, 1.54) is 48.8 Å². The third-order valence-electron chi connectivity index (χ3n) is 5.81. The topological polar surface area (TPSA) is 100 Å². The summed E-state index contributed by atoms with van der Waals surface area (Å²) in [5, 5.41) is 22.4. The van der Waals surface area contributed by atoms with Crippen LogP contribution in [0.25, 0.3) is 22.5 Å². The smallest absolute Gasteiger partial charge is 0.252 e. The van der Waals surface area contributed by atoms with Gasteiger partial charge in [0, 0.05) is 25.1 Å². The van der Waals surface area contributed by atoms with Gasteiger partial charge in [-0.25, -0.2) is 13.8 Å². The first-order chi connectivity index (χ1) is 16.8. The highest BCUT2D eigenvalue weighted by Gasteiger charge is 2.37. The molecule has 0 aliphatic rings. The normalized spacial score (nSPS) is 13.9. The maximum Gasteiger partial charge on any atom is 0.252 e. The standard InChI is InChI=1S/C25H24F2N4O3S/c1-25(21(14-32)34-2,13-22-28-10-11-35-22)29-24(33)17-4-3-5-18(27)23(17)20-12-19(30-31-20)15-6-8-16(26)9-7-15/h3-12,21,32H,13-14H2,1-2H3,(H,29,33)(H,30,31)/t21-,25+/m1/s1. The van der Waals surface area contributed by atoms with E-state index in [9.17, 15) is 14.3 Å². The van der Waals surface area contributed by atoms with Gasteiger partial charge >= 0.3 is 0 Å². The minimum Gasteiger partial charge on any atom is -0.394 e. The highest BCUT2D eigenvalue weighted by molar-refractivity contribution is 7.09. The number of hydrogen-bond acceptors (Lipinski definition) is 6. The molecule has 0 aliphatic heterocycles. The summed E-state index contributed by atoms with van der Waals surface area (Å²) in [6, 6.07) is 11.6. The quantitative estimate of drug-likeness (QED) is 0.321. The molecule has 0 aliphatic carbocycles. The number of halogens is 2. The average Bonchev–Trinajstić information content (AvgIpc) is 3.52. The van der Waals surface area contributed by atoms with E-state index in [-0.39, 0.29) is 29.2 Å². The molecule has 2 heterocycles. The number of carbonyl (C=O) groups excluding carboxylic acids is 1. The average molecular weight is 499 g/mol. The molecule has 0 bridgehead atoms. The number of aliphatic hydroxyl groups excluding tert-OH is 1. The van der Waals surface area contributed by atoms with Crippen molar-refractivity contribution in [3.05, 3.63) is 82.3 Å². The molecule has 2 atom stereocenters. The Kier molecular flexibility index (Phi) is 7.34. The van der Waals surface area contributed by atoms with Crippen LogP contribution >= 0.6 is 11.3 Å². The van der Waals surface area contributed by atoms with Gasteiger partial charge in [-0.1, -0.05) is 6.07 Å². The molecule has 0 unspecified atom stereocenters. The lowest BCUT2D eigenvalue weighted by Gasteiger charge is -2.36. The van der Waals surface area contributed by atoms with Gasteiger partial charge in [-0.15, -0.1) is 11.3 Å². The van der Waals surface area contributed by atoms with E-state index in [1.807, 2.05) is 5.38 Å². The zero-order valence-corrected chi connectivity index (χ0v) is 19.9. The number of nitrogens with one attached hydrogen (secondary N) is 2. The number of methoxy groups -OCH3 is 1. The van der Waals surface area contributed by atoms with Crippen molar-refractivity contribution in [2.24, 2.45) is 0 Å². The Labute approximate surface area is 204 Å². The number of benzene rings is 2. The number of hydrogen-bond donors (Lipinski definition) is 3. The molecule has 35 heavy (non-hydrogen) atoms. The monoisotopic (exact) mass is 498 g/mol. The summed E-state index contributed by atoms with van der Waals surface area (Å²) >= 11 is 1.42. The second-order valence-electron chi connectivity index (χ2n) is 8.22. The molecule has 7 nitrogen and oxygen atoms in total. The van der Waals surface area contributed by atoms with Crippen LogP contribution in [0.2, 0.25) is 0 Å². The van der Waals surface area contributed by atoms with Crippen molar-refractivity contribution in [2.75, 3.05) is 13.7 Å². The number of ether oxygens (including phenoxy) is 1. The van der Waals surface area contributed by atoms with E-state index in [4.69, 9.17) is 4.74 Å². The van der Waals surface area contributed by atoms with Gasteiger partial charge in [-0.2, -0.15) is 5.10 Å². The molecule has 10 heteroatoms. The number of nitrogens with zero attached hydrogens (tertiary/aromatic N) is 2. The van der Waals surface area contributed by atoms with Gasteiger partial charge in [0.25, 0.3) is 5.91 Å². The van der Waals surface area contributed by atoms with Crippen molar-refractivity contribution in [1.29, 1.82) is 0 Å². The van der Waals surface area contributed by atoms with E-state index in [0.717, 1.165) is 5.01 Å². The first-order valence-corrected chi connectivity index (χ1v) is 11.7. The highest BCUT2D eigenvalue weighted by atomic mass is 32.1. The molecule has 0 spiro atoms. The van der Waals surface area contributed by atoms with Gasteiger partial charge in [0.2, 0.25) is 0 Å². The molecule has 0 fully saturated rings. The number of aliphatic hydroxyl groups is 1. The Morgan fingerprint density at radius 3 is 2.69 bits per heavy atom. The van der Waals surface area contributed by atoms with Gasteiger partial charge in [0.1, 0.15) is 17.7 Å². The molecule has 4 aromatic rings. The number of amides is 1. The number of thiazole rings is 1. The van der Waals surface area contributed by atoms with Gasteiger partial charge in [-0.05, 0) is 55.0 Å². The number of carbonyl (C=O) groups is 1. The van der Waals surface area contributed by atoms with E-state index in [1.54, 1.807) is 31.3 Å². The SMILES string of the molecule is CO[C@H](CO)[C@](C)(Cc1nccs1)NC(=O)c1cccc(F)c1-c1cc(-c2ccc(F)cc2)[nH]n1. The Bertz CT molecular complexity index is 1290. The van der Waals surface area contributed by atoms with Crippen molar-refractivity contribution in [3.63, 3.8) is 0 Å². The van der Waals surface area contributed by atoms with Crippen molar-refractivity contribution in [2.45, 2.75) is 25.0 Å². The lowest BCUT2D eigenvalue weighted by molar-refractivity contribution is -0.0124. The van der Waals surface area contributed by atoms with E-state index >= 15 is 4.39 Å². The molecule has 4 rings (SSSR count). The Balaban J connectivity index is 1.68. The largest absolute Gasteiger partial charge is 0.394 e. The van der Waals surface area contributed by atoms with Gasteiger partial charge in [0.05, 0.1) is 39.7 Å². The molecule has 182 valence electrons. The van der Waals surface area contributed by atoms with Gasteiger partial charge in [0.15, 0.2) is 0 Å². The fourth-order valence-electron chi connectivity index (χ4n) is 3.96. The molecule has 1 amide bonds. The predicted molar refractivity (Wildman–Crippen MR) is 129 cm³/mol. The molecular formula is C25H24F2N4O3S. The number of aromatic nitrogens is 3. The summed E-state index contributed by atoms with van der Waals surface area (Å²) in [6.45, 7) is 1.41. The van der Waals surface area contributed by atoms with Crippen LogP contribution in [0.3, 0.4) is 0 Å². The van der Waals surface area contributed by atoms with Crippen molar-refractivity contribution < 1.29 is 23.4 Å². The van der Waals surface area contributed by atoms with Crippen molar-refractivity contribution in [3.8, 4) is 22.5 Å². The van der Waals surface area contributed by atoms with Crippen LogP contribution in [0, 0.1) is 11.6 Å². The summed E-state index contributed by atoms with van der Waals surface area (Å²) in [4.78, 5) is 17.8. The van der Waals surface area contributed by atoms with Gasteiger partial charge in [-0.3, -0.25) is 9.89 Å². The predicted octanol–water partition coefficient (Wildman–Crippen LogP) is 4.22. The zero-order valence-electron chi connectivity index (χ0n) is 19.1. The Morgan fingerprint density at radius 2 is 2.03 bits per heavy atom. The van der Waals surface area contributed by atoms with Crippen molar-refractivity contribution >= 4 is 17.2 Å². The summed E-state index contributed by atoms with van der Waals surface area (Å²) in [7, 11) is 1.45. The van der Waals surface area contributed by atoms with Crippen LogP contribution in [0.15, 0.2) is 60.1 Å². The molecule has 0 saturated carbocycles. The molecule has 2 aromatic carbocycles. The Hall–Kier alpha value is -3.47. The van der Waals surface area contributed by atoms with Gasteiger partial charge < -0.3 is 15.2 Å².